The highest BCUT2D eigenvalue weighted by atomic mass is 16.3. The summed E-state index contributed by atoms with van der Waals surface area (Å²) in [5, 5.41) is 9.84. The molecule has 1 aliphatic heterocycles. The zero-order valence-corrected chi connectivity index (χ0v) is 17.7. The van der Waals surface area contributed by atoms with Crippen LogP contribution in [0.5, 0.6) is 5.75 Å². The van der Waals surface area contributed by atoms with E-state index in [9.17, 15) is 19.5 Å². The largest absolute Gasteiger partial charge is 0.508 e. The van der Waals surface area contributed by atoms with Gasteiger partial charge in [-0.2, -0.15) is 0 Å². The molecule has 2 heterocycles. The van der Waals surface area contributed by atoms with Crippen molar-refractivity contribution in [3.05, 3.63) is 28.7 Å². The number of imidazole rings is 1. The lowest BCUT2D eigenvalue weighted by molar-refractivity contribution is -0.142. The number of benzene rings is 1. The number of aromatic hydroxyl groups is 1. The van der Waals surface area contributed by atoms with Crippen molar-refractivity contribution < 1.29 is 14.7 Å². The molecule has 4 rings (SSSR count). The first-order valence-electron chi connectivity index (χ1n) is 10.8. The van der Waals surface area contributed by atoms with Crippen molar-refractivity contribution in [1.29, 1.82) is 0 Å². The molecular formula is C22H30N4O4. The number of aryl methyl sites for hydroxylation is 1. The molecule has 1 aliphatic carbocycles. The molecule has 162 valence electrons. The van der Waals surface area contributed by atoms with Gasteiger partial charge in [0.25, 0.3) is 0 Å². The van der Waals surface area contributed by atoms with Crippen molar-refractivity contribution in [1.82, 2.24) is 18.9 Å². The predicted octanol–water partition coefficient (Wildman–Crippen LogP) is 1.54. The number of rotatable bonds is 3. The van der Waals surface area contributed by atoms with E-state index < -0.39 is 0 Å². The van der Waals surface area contributed by atoms with Crippen molar-refractivity contribution >= 4 is 22.8 Å². The van der Waals surface area contributed by atoms with Crippen LogP contribution in [0.2, 0.25) is 0 Å². The maximum absolute atomic E-state index is 12.9. The molecule has 1 N–H and O–H groups in total. The summed E-state index contributed by atoms with van der Waals surface area (Å²) in [6, 6.07) is 5.01. The molecule has 30 heavy (non-hydrogen) atoms. The normalized spacial score (nSPS) is 22.5. The minimum Gasteiger partial charge on any atom is -0.508 e. The number of nitrogens with zero attached hydrogens (tertiary/aromatic N) is 4. The molecule has 0 bridgehead atoms. The van der Waals surface area contributed by atoms with Crippen LogP contribution in [-0.2, 0) is 23.2 Å². The standard InChI is InChI=1S/C22H30N4O4/c1-15(27)24-9-11-25(12-10-24)21(29)17-5-3-16(4-6-17)14-26-20-13-18(28)7-8-19(20)23(2)22(26)30/h7-8,13,16-17,28H,3-6,9-12,14H2,1-2H3. The van der Waals surface area contributed by atoms with E-state index in [1.165, 1.54) is 0 Å². The van der Waals surface area contributed by atoms with Crippen LogP contribution in [-0.4, -0.2) is 62.0 Å². The first-order chi connectivity index (χ1) is 14.3. The van der Waals surface area contributed by atoms with Gasteiger partial charge in [-0.15, -0.1) is 0 Å². The lowest BCUT2D eigenvalue weighted by Crippen LogP contribution is -2.51. The molecule has 0 radical (unpaired) electrons. The quantitative estimate of drug-likeness (QED) is 0.825. The van der Waals surface area contributed by atoms with Gasteiger partial charge in [-0.05, 0) is 43.7 Å². The summed E-state index contributed by atoms with van der Waals surface area (Å²) in [6.07, 6.45) is 3.49. The number of hydrogen-bond donors (Lipinski definition) is 1. The Morgan fingerprint density at radius 2 is 1.63 bits per heavy atom. The van der Waals surface area contributed by atoms with Crippen molar-refractivity contribution in [3.8, 4) is 5.75 Å². The molecule has 8 heteroatoms. The molecule has 0 atom stereocenters. The zero-order chi connectivity index (χ0) is 21.4. The van der Waals surface area contributed by atoms with E-state index >= 15 is 0 Å². The Balaban J connectivity index is 1.37. The van der Waals surface area contributed by atoms with E-state index in [2.05, 4.69) is 0 Å². The molecule has 1 aromatic carbocycles. The van der Waals surface area contributed by atoms with E-state index in [0.717, 1.165) is 36.7 Å². The first-order valence-corrected chi connectivity index (χ1v) is 10.8. The monoisotopic (exact) mass is 414 g/mol. The minimum absolute atomic E-state index is 0.0402. The topological polar surface area (TPSA) is 87.8 Å². The van der Waals surface area contributed by atoms with Gasteiger partial charge in [-0.25, -0.2) is 4.79 Å². The van der Waals surface area contributed by atoms with Gasteiger partial charge in [0.1, 0.15) is 5.75 Å². The Labute approximate surface area is 175 Å². The molecule has 2 aliphatic rings. The van der Waals surface area contributed by atoms with Gasteiger partial charge in [-0.3, -0.25) is 18.7 Å². The van der Waals surface area contributed by atoms with Gasteiger partial charge in [-0.1, -0.05) is 0 Å². The van der Waals surface area contributed by atoms with E-state index in [1.54, 1.807) is 46.2 Å². The highest BCUT2D eigenvalue weighted by Gasteiger charge is 2.32. The van der Waals surface area contributed by atoms with Crippen LogP contribution in [0.3, 0.4) is 0 Å². The number of carbonyl (C=O) groups excluding carboxylic acids is 2. The number of piperazine rings is 1. The highest BCUT2D eigenvalue weighted by molar-refractivity contribution is 5.80. The molecule has 0 unspecified atom stereocenters. The average molecular weight is 415 g/mol. The van der Waals surface area contributed by atoms with E-state index in [1.807, 2.05) is 4.90 Å². The molecule has 2 amide bonds. The summed E-state index contributed by atoms with van der Waals surface area (Å²) in [5.41, 5.74) is 1.49. The number of amides is 2. The van der Waals surface area contributed by atoms with E-state index in [4.69, 9.17) is 0 Å². The smallest absolute Gasteiger partial charge is 0.328 e. The van der Waals surface area contributed by atoms with Gasteiger partial charge in [0.15, 0.2) is 0 Å². The second-order valence-corrected chi connectivity index (χ2v) is 8.67. The molecule has 0 spiro atoms. The molecule has 1 saturated heterocycles. The third-order valence-electron chi connectivity index (χ3n) is 6.80. The van der Waals surface area contributed by atoms with Crippen molar-refractivity contribution in [2.24, 2.45) is 18.9 Å². The van der Waals surface area contributed by atoms with Crippen LogP contribution >= 0.6 is 0 Å². The SMILES string of the molecule is CC(=O)N1CCN(C(=O)C2CCC(Cn3c(=O)n(C)c4ccc(O)cc43)CC2)CC1. The third-order valence-corrected chi connectivity index (χ3v) is 6.80. The Hall–Kier alpha value is -2.77. The van der Waals surface area contributed by atoms with Crippen LogP contribution in [0.15, 0.2) is 23.0 Å². The number of phenols is 1. The summed E-state index contributed by atoms with van der Waals surface area (Å²) < 4.78 is 3.37. The van der Waals surface area contributed by atoms with E-state index in [0.29, 0.717) is 38.6 Å². The van der Waals surface area contributed by atoms with Crippen LogP contribution in [0.1, 0.15) is 32.6 Å². The summed E-state index contributed by atoms with van der Waals surface area (Å²) in [5.74, 6) is 0.817. The van der Waals surface area contributed by atoms with Crippen LogP contribution in [0.25, 0.3) is 11.0 Å². The summed E-state index contributed by atoms with van der Waals surface area (Å²) in [4.78, 5) is 40.8. The Kier molecular flexibility index (Phi) is 5.58. The molecule has 1 saturated carbocycles. The van der Waals surface area contributed by atoms with Gasteiger partial charge >= 0.3 is 5.69 Å². The minimum atomic E-state index is -0.0721. The first kappa shape index (κ1) is 20.5. The maximum Gasteiger partial charge on any atom is 0.328 e. The lowest BCUT2D eigenvalue weighted by atomic mass is 9.81. The van der Waals surface area contributed by atoms with Crippen molar-refractivity contribution in [2.75, 3.05) is 26.2 Å². The second-order valence-electron chi connectivity index (χ2n) is 8.67. The fourth-order valence-electron chi connectivity index (χ4n) is 4.93. The predicted molar refractivity (Wildman–Crippen MR) is 113 cm³/mol. The van der Waals surface area contributed by atoms with Gasteiger partial charge < -0.3 is 14.9 Å². The Bertz CT molecular complexity index is 1010. The Morgan fingerprint density at radius 1 is 1.00 bits per heavy atom. The number of phenolic OH excluding ortho intramolecular Hbond substituents is 1. The number of carbonyl (C=O) groups is 2. The number of fused-ring (bicyclic) bond motifs is 1. The zero-order valence-electron chi connectivity index (χ0n) is 17.7. The average Bonchev–Trinajstić information content (AvgIpc) is 2.98. The number of aromatic nitrogens is 2. The molecule has 1 aromatic heterocycles. The fourth-order valence-corrected chi connectivity index (χ4v) is 4.93. The number of hydrogen-bond acceptors (Lipinski definition) is 4. The van der Waals surface area contributed by atoms with Crippen LogP contribution in [0, 0.1) is 11.8 Å². The molecule has 2 fully saturated rings. The van der Waals surface area contributed by atoms with E-state index in [-0.39, 0.29) is 29.2 Å². The fraction of sp³-hybridized carbons (Fsp3) is 0.591. The summed E-state index contributed by atoms with van der Waals surface area (Å²) in [7, 11) is 1.75. The molecular weight excluding hydrogens is 384 g/mol. The van der Waals surface area contributed by atoms with Crippen LogP contribution in [0.4, 0.5) is 0 Å². The van der Waals surface area contributed by atoms with Crippen molar-refractivity contribution in [3.63, 3.8) is 0 Å². The highest BCUT2D eigenvalue weighted by Crippen LogP contribution is 2.32. The summed E-state index contributed by atoms with van der Waals surface area (Å²) in [6.45, 7) is 4.65. The maximum atomic E-state index is 12.9. The second kappa shape index (κ2) is 8.16. The Morgan fingerprint density at radius 3 is 2.27 bits per heavy atom. The molecule has 2 aromatic rings. The van der Waals surface area contributed by atoms with Gasteiger partial charge in [0.05, 0.1) is 11.0 Å². The molecule has 8 nitrogen and oxygen atoms in total. The van der Waals surface area contributed by atoms with Crippen LogP contribution < -0.4 is 5.69 Å². The summed E-state index contributed by atoms with van der Waals surface area (Å²) >= 11 is 0. The van der Waals surface area contributed by atoms with Gasteiger partial charge in [0, 0.05) is 58.7 Å². The lowest BCUT2D eigenvalue weighted by Gasteiger charge is -2.37. The van der Waals surface area contributed by atoms with Gasteiger partial charge in [0.2, 0.25) is 11.8 Å². The third kappa shape index (κ3) is 3.82. The van der Waals surface area contributed by atoms with Crippen molar-refractivity contribution in [2.45, 2.75) is 39.2 Å².